The van der Waals surface area contributed by atoms with E-state index < -0.39 is 12.2 Å². The van der Waals surface area contributed by atoms with E-state index >= 15 is 0 Å². The Labute approximate surface area is 262 Å². The van der Waals surface area contributed by atoms with E-state index in [1.807, 2.05) is 6.07 Å². The first-order valence-corrected chi connectivity index (χ1v) is 16.1. The van der Waals surface area contributed by atoms with Crippen LogP contribution in [0.5, 0.6) is 0 Å². The Morgan fingerprint density at radius 3 is 2.70 bits per heavy atom. The molecule has 7 rings (SSSR count). The van der Waals surface area contributed by atoms with Crippen molar-refractivity contribution in [1.82, 2.24) is 29.2 Å². The molecule has 1 unspecified atom stereocenters. The number of anilines is 1. The Balaban J connectivity index is 1.24. The first kappa shape index (κ1) is 28.5. The maximum absolute atomic E-state index is 14.3. The number of nitrogens with one attached hydrogen (secondary N) is 1. The van der Waals surface area contributed by atoms with Gasteiger partial charge in [-0.15, -0.1) is 11.3 Å². The number of alkyl halides is 1. The van der Waals surface area contributed by atoms with Crippen LogP contribution in [0.4, 0.5) is 9.52 Å². The number of piperidine rings is 1. The summed E-state index contributed by atoms with van der Waals surface area (Å²) >= 11 is 15.1. The molecule has 8 nitrogen and oxygen atoms in total. The normalized spacial score (nSPS) is 18.3. The van der Waals surface area contributed by atoms with Gasteiger partial charge in [0.1, 0.15) is 11.7 Å². The van der Waals surface area contributed by atoms with Gasteiger partial charge in [0.25, 0.3) is 5.91 Å². The zero-order chi connectivity index (χ0) is 29.7. The predicted molar refractivity (Wildman–Crippen MR) is 169 cm³/mol. The minimum atomic E-state index is -1.03. The molecule has 5 heterocycles. The average Bonchev–Trinajstić information content (AvgIpc) is 3.82. The molecule has 1 saturated heterocycles. The van der Waals surface area contributed by atoms with Crippen molar-refractivity contribution in [1.29, 1.82) is 0 Å². The number of thiazole rings is 1. The van der Waals surface area contributed by atoms with Gasteiger partial charge in [-0.1, -0.05) is 54.4 Å². The highest BCUT2D eigenvalue weighted by Gasteiger charge is 2.34. The molecule has 0 spiro atoms. The molecule has 2 atom stereocenters. The van der Waals surface area contributed by atoms with E-state index in [0.29, 0.717) is 43.4 Å². The van der Waals surface area contributed by atoms with Gasteiger partial charge in [0.15, 0.2) is 11.2 Å². The lowest BCUT2D eigenvalue weighted by atomic mass is 9.88. The molecule has 1 amide bonds. The van der Waals surface area contributed by atoms with Gasteiger partial charge in [-0.25, -0.2) is 14.4 Å². The molecular weight excluding hydrogens is 608 g/mol. The second-order valence-corrected chi connectivity index (χ2v) is 12.9. The van der Waals surface area contributed by atoms with Crippen molar-refractivity contribution >= 4 is 56.5 Å². The molecule has 2 aliphatic heterocycles. The number of hydrogen-bond donors (Lipinski definition) is 1. The number of fused-ring (bicyclic) bond motifs is 2. The van der Waals surface area contributed by atoms with Crippen molar-refractivity contribution in [2.75, 3.05) is 25.0 Å². The first-order chi connectivity index (χ1) is 20.9. The number of benzene rings is 2. The Kier molecular flexibility index (Phi) is 7.71. The number of imidazole rings is 1. The average molecular weight is 639 g/mol. The van der Waals surface area contributed by atoms with Crippen LogP contribution in [0.25, 0.3) is 22.0 Å². The maximum Gasteiger partial charge on any atom is 0.257 e. The highest BCUT2D eigenvalue weighted by molar-refractivity contribution is 7.13. The van der Waals surface area contributed by atoms with Crippen molar-refractivity contribution in [2.24, 2.45) is 0 Å². The molecule has 0 aliphatic carbocycles. The minimum Gasteiger partial charge on any atom is -0.331 e. The number of carbonyl (C=O) groups excluding carboxylic acids is 1. The summed E-state index contributed by atoms with van der Waals surface area (Å²) in [5, 5.41) is 11.4. The minimum absolute atomic E-state index is 0.177. The van der Waals surface area contributed by atoms with Crippen molar-refractivity contribution in [2.45, 2.75) is 50.9 Å². The van der Waals surface area contributed by atoms with Crippen molar-refractivity contribution in [3.63, 3.8) is 0 Å². The van der Waals surface area contributed by atoms with Crippen molar-refractivity contribution < 1.29 is 9.18 Å². The van der Waals surface area contributed by atoms with E-state index in [1.54, 1.807) is 28.7 Å². The van der Waals surface area contributed by atoms with Gasteiger partial charge >= 0.3 is 0 Å². The molecule has 0 radical (unpaired) electrons. The largest absolute Gasteiger partial charge is 0.331 e. The first-order valence-electron chi connectivity index (χ1n) is 14.5. The van der Waals surface area contributed by atoms with Crippen LogP contribution in [0.3, 0.4) is 0 Å². The number of hydrogen-bond acceptors (Lipinski definition) is 6. The summed E-state index contributed by atoms with van der Waals surface area (Å²) in [6.07, 6.45) is 6.36. The number of amides is 1. The lowest BCUT2D eigenvalue weighted by Crippen LogP contribution is -2.32. The van der Waals surface area contributed by atoms with E-state index in [2.05, 4.69) is 51.4 Å². The van der Waals surface area contributed by atoms with Gasteiger partial charge in [0.2, 0.25) is 0 Å². The van der Waals surface area contributed by atoms with Crippen LogP contribution in [0.15, 0.2) is 54.4 Å². The summed E-state index contributed by atoms with van der Waals surface area (Å²) in [6.45, 7) is 5.78. The van der Waals surface area contributed by atoms with Gasteiger partial charge in [-0.2, -0.15) is 5.10 Å². The Morgan fingerprint density at radius 1 is 1.19 bits per heavy atom. The fraction of sp³-hybridized carbons (Fsp3) is 0.355. The van der Waals surface area contributed by atoms with E-state index in [9.17, 15) is 9.18 Å². The topological polar surface area (TPSA) is 80.9 Å². The molecular formula is C31H30Cl2FN7OS. The maximum atomic E-state index is 14.3. The number of nitrogens with zero attached hydrogens (tertiary/aromatic N) is 6. The van der Waals surface area contributed by atoms with Gasteiger partial charge in [-0.05, 0) is 55.6 Å². The molecule has 2 aliphatic rings. The molecule has 12 heteroatoms. The summed E-state index contributed by atoms with van der Waals surface area (Å²) < 4.78 is 17.6. The summed E-state index contributed by atoms with van der Waals surface area (Å²) in [6, 6.07) is 9.42. The fourth-order valence-corrected chi connectivity index (χ4v) is 7.41. The van der Waals surface area contributed by atoms with Crippen molar-refractivity contribution in [3.8, 4) is 11.1 Å². The second kappa shape index (κ2) is 11.6. The Hall–Kier alpha value is -3.31. The Morgan fingerprint density at radius 2 is 1.98 bits per heavy atom. The van der Waals surface area contributed by atoms with Crippen LogP contribution < -0.4 is 5.32 Å². The van der Waals surface area contributed by atoms with E-state index in [1.165, 1.54) is 21.6 Å². The highest BCUT2D eigenvalue weighted by atomic mass is 35.5. The molecule has 1 fully saturated rings. The third-order valence-corrected chi connectivity index (χ3v) is 10.0. The third-order valence-electron chi connectivity index (χ3n) is 8.66. The molecule has 5 aromatic rings. The SMILES string of the molecule is CCN1CCC(c2ccc(-c3cc(Cl)c4cn(C(C(=O)Nc5nccs5)c5ncn6c5C[C@@H](F)C6)nc4c3Cl)cc2)CC1. The standard InChI is InChI=1S/C31H30Cl2FN7OS/c1-2-39-10-7-19(8-11-39)18-3-5-20(6-4-18)22-14-24(32)23-16-41(38-27(23)26(22)33)29(30(42)37-31-35-9-12-43-31)28-25-13-21(34)15-40(25)17-36-28/h3-6,9,12,14,16-17,19,21,29H,2,7-8,10-11,13,15H2,1H3,(H,35,37,42)/t21-,29?/m1/s1. The quantitative estimate of drug-likeness (QED) is 0.208. The smallest absolute Gasteiger partial charge is 0.257 e. The lowest BCUT2D eigenvalue weighted by molar-refractivity contribution is -0.118. The Bertz CT molecular complexity index is 1780. The number of carbonyl (C=O) groups is 1. The highest BCUT2D eigenvalue weighted by Crippen LogP contribution is 2.40. The van der Waals surface area contributed by atoms with Gasteiger partial charge < -0.3 is 9.47 Å². The van der Waals surface area contributed by atoms with Gasteiger partial charge in [0, 0.05) is 40.8 Å². The molecule has 1 N–H and O–H groups in total. The van der Waals surface area contributed by atoms with Crippen LogP contribution in [0, 0.1) is 0 Å². The summed E-state index contributed by atoms with van der Waals surface area (Å²) in [5.74, 6) is 0.165. The number of halogens is 3. The second-order valence-electron chi connectivity index (χ2n) is 11.2. The predicted octanol–water partition coefficient (Wildman–Crippen LogP) is 6.98. The molecule has 0 bridgehead atoms. The fourth-order valence-electron chi connectivity index (χ4n) is 6.33. The number of aromatic nitrogens is 5. The molecule has 43 heavy (non-hydrogen) atoms. The molecule has 0 saturated carbocycles. The number of rotatable bonds is 7. The van der Waals surface area contributed by atoms with Crippen molar-refractivity contribution in [3.05, 3.63) is 81.4 Å². The van der Waals surface area contributed by atoms with Gasteiger partial charge in [0.05, 0.1) is 28.6 Å². The summed E-state index contributed by atoms with van der Waals surface area (Å²) in [5.41, 5.74) is 4.64. The summed E-state index contributed by atoms with van der Waals surface area (Å²) in [4.78, 5) is 24.9. The molecule has 2 aromatic carbocycles. The van der Waals surface area contributed by atoms with Crippen LogP contribution in [0.1, 0.15) is 48.7 Å². The van der Waals surface area contributed by atoms with E-state index in [4.69, 9.17) is 28.3 Å². The third kappa shape index (κ3) is 5.35. The van der Waals surface area contributed by atoms with Crippen LogP contribution in [0.2, 0.25) is 10.0 Å². The van der Waals surface area contributed by atoms with Crippen LogP contribution >= 0.6 is 34.5 Å². The molecule has 222 valence electrons. The van der Waals surface area contributed by atoms with Crippen LogP contribution in [-0.4, -0.2) is 60.9 Å². The monoisotopic (exact) mass is 637 g/mol. The van der Waals surface area contributed by atoms with E-state index in [0.717, 1.165) is 43.6 Å². The zero-order valence-corrected chi connectivity index (χ0v) is 25.8. The van der Waals surface area contributed by atoms with E-state index in [-0.39, 0.29) is 18.9 Å². The number of likely N-dealkylation sites (tertiary alicyclic amines) is 1. The summed E-state index contributed by atoms with van der Waals surface area (Å²) in [7, 11) is 0. The zero-order valence-electron chi connectivity index (χ0n) is 23.5. The van der Waals surface area contributed by atoms with Crippen LogP contribution in [-0.2, 0) is 17.8 Å². The lowest BCUT2D eigenvalue weighted by Gasteiger charge is -2.31. The molecule has 3 aromatic heterocycles. The van der Waals surface area contributed by atoms with Gasteiger partial charge in [-0.3, -0.25) is 14.8 Å².